The molecule has 0 saturated heterocycles. The minimum absolute atomic E-state index is 0.0425. The van der Waals surface area contributed by atoms with Crippen LogP contribution in [0, 0.1) is 10.1 Å². The fraction of sp³-hybridized carbons (Fsp3) is 0.333. The monoisotopic (exact) mass is 262 g/mol. The molecule has 1 aromatic heterocycles. The molecule has 0 radical (unpaired) electrons. The van der Waals surface area contributed by atoms with Crippen LogP contribution in [0.2, 0.25) is 0 Å². The second kappa shape index (κ2) is 5.34. The number of halogens is 2. The van der Waals surface area contributed by atoms with Crippen molar-refractivity contribution in [1.29, 1.82) is 0 Å². The zero-order valence-corrected chi connectivity index (χ0v) is 9.09. The van der Waals surface area contributed by atoms with E-state index in [-0.39, 0.29) is 6.61 Å². The van der Waals surface area contributed by atoms with Gasteiger partial charge in [-0.1, -0.05) is 0 Å². The molecule has 0 bridgehead atoms. The van der Waals surface area contributed by atoms with E-state index in [0.29, 0.717) is 6.07 Å². The number of pyridine rings is 1. The van der Waals surface area contributed by atoms with Crippen molar-refractivity contribution in [1.82, 2.24) is 4.98 Å². The van der Waals surface area contributed by atoms with Gasteiger partial charge in [0.2, 0.25) is 5.75 Å². The van der Waals surface area contributed by atoms with Gasteiger partial charge in [-0.15, -0.1) is 0 Å². The van der Waals surface area contributed by atoms with Gasteiger partial charge in [-0.2, -0.15) is 0 Å². The van der Waals surface area contributed by atoms with Crippen molar-refractivity contribution in [2.24, 2.45) is 0 Å². The molecule has 98 valence electrons. The Labute approximate surface area is 99.2 Å². The molecular weight excluding hydrogens is 254 g/mol. The quantitative estimate of drug-likeness (QED) is 0.504. The summed E-state index contributed by atoms with van der Waals surface area (Å²) in [5.41, 5.74) is -2.91. The Balaban J connectivity index is 3.38. The van der Waals surface area contributed by atoms with E-state index in [4.69, 9.17) is 0 Å². The van der Waals surface area contributed by atoms with Gasteiger partial charge in [-0.3, -0.25) is 10.1 Å². The number of aromatic nitrogens is 1. The summed E-state index contributed by atoms with van der Waals surface area (Å²) in [7, 11) is 0. The first kappa shape index (κ1) is 13.7. The SMILES string of the molecule is CCOC(=O)c1cc([N+](=O)[O-])c(O)c(C(F)F)n1. The average molecular weight is 262 g/mol. The second-order valence-corrected chi connectivity index (χ2v) is 3.04. The highest BCUT2D eigenvalue weighted by Crippen LogP contribution is 2.34. The summed E-state index contributed by atoms with van der Waals surface area (Å²) >= 11 is 0. The van der Waals surface area contributed by atoms with E-state index in [9.17, 15) is 28.8 Å². The molecule has 1 rings (SSSR count). The molecule has 18 heavy (non-hydrogen) atoms. The van der Waals surface area contributed by atoms with E-state index in [0.717, 1.165) is 0 Å². The molecular formula is C9H8F2N2O5. The molecule has 0 aliphatic carbocycles. The molecule has 1 heterocycles. The average Bonchev–Trinajstić information content (AvgIpc) is 2.28. The van der Waals surface area contributed by atoms with Crippen LogP contribution in [0.5, 0.6) is 5.75 Å². The minimum atomic E-state index is -3.25. The van der Waals surface area contributed by atoms with E-state index in [1.54, 1.807) is 0 Å². The van der Waals surface area contributed by atoms with Crippen LogP contribution in [0.15, 0.2) is 6.07 Å². The van der Waals surface area contributed by atoms with Gasteiger partial charge < -0.3 is 9.84 Å². The van der Waals surface area contributed by atoms with Gasteiger partial charge >= 0.3 is 11.7 Å². The van der Waals surface area contributed by atoms with Crippen LogP contribution in [0.3, 0.4) is 0 Å². The lowest BCUT2D eigenvalue weighted by atomic mass is 10.2. The Bertz CT molecular complexity index is 492. The van der Waals surface area contributed by atoms with Crippen LogP contribution >= 0.6 is 0 Å². The predicted octanol–water partition coefficient (Wildman–Crippen LogP) is 1.81. The zero-order valence-electron chi connectivity index (χ0n) is 9.09. The number of carbonyl (C=O) groups excluding carboxylic acids is 1. The number of hydrogen-bond acceptors (Lipinski definition) is 6. The zero-order chi connectivity index (χ0) is 13.9. The van der Waals surface area contributed by atoms with Gasteiger partial charge in [-0.05, 0) is 6.92 Å². The summed E-state index contributed by atoms with van der Waals surface area (Å²) in [4.78, 5) is 23.9. The van der Waals surface area contributed by atoms with Crippen molar-refractivity contribution < 1.29 is 28.3 Å². The summed E-state index contributed by atoms with van der Waals surface area (Å²) in [5.74, 6) is -2.34. The number of esters is 1. The lowest BCUT2D eigenvalue weighted by molar-refractivity contribution is -0.386. The molecule has 0 fully saturated rings. The Morgan fingerprint density at radius 2 is 2.28 bits per heavy atom. The molecule has 0 aromatic carbocycles. The largest absolute Gasteiger partial charge is 0.501 e. The topological polar surface area (TPSA) is 103 Å². The third kappa shape index (κ3) is 2.67. The van der Waals surface area contributed by atoms with E-state index in [2.05, 4.69) is 9.72 Å². The van der Waals surface area contributed by atoms with Crippen molar-refractivity contribution in [3.05, 3.63) is 27.6 Å². The van der Waals surface area contributed by atoms with Crippen molar-refractivity contribution in [2.45, 2.75) is 13.3 Å². The lowest BCUT2D eigenvalue weighted by Crippen LogP contribution is -2.10. The number of aromatic hydroxyl groups is 1. The van der Waals surface area contributed by atoms with Gasteiger partial charge in [0.25, 0.3) is 6.43 Å². The molecule has 0 aliphatic rings. The summed E-state index contributed by atoms with van der Waals surface area (Å²) in [6, 6.07) is 0.583. The van der Waals surface area contributed by atoms with Crippen molar-refractivity contribution in [2.75, 3.05) is 6.61 Å². The molecule has 0 unspecified atom stereocenters. The van der Waals surface area contributed by atoms with Gasteiger partial charge in [0, 0.05) is 0 Å². The summed E-state index contributed by atoms with van der Waals surface area (Å²) in [5, 5.41) is 19.8. The normalized spacial score (nSPS) is 10.4. The van der Waals surface area contributed by atoms with E-state index >= 15 is 0 Å². The first-order chi connectivity index (χ1) is 8.38. The molecule has 7 nitrogen and oxygen atoms in total. The van der Waals surface area contributed by atoms with E-state index in [1.165, 1.54) is 6.92 Å². The summed E-state index contributed by atoms with van der Waals surface area (Å²) in [6.07, 6.45) is -3.25. The number of alkyl halides is 2. The third-order valence-electron chi connectivity index (χ3n) is 1.89. The molecule has 9 heteroatoms. The maximum absolute atomic E-state index is 12.5. The molecule has 0 saturated carbocycles. The number of hydrogen-bond donors (Lipinski definition) is 1. The Morgan fingerprint density at radius 3 is 2.72 bits per heavy atom. The van der Waals surface area contributed by atoms with Crippen molar-refractivity contribution >= 4 is 11.7 Å². The van der Waals surface area contributed by atoms with Crippen LogP contribution in [-0.4, -0.2) is 27.6 Å². The molecule has 0 aliphatic heterocycles. The molecule has 1 aromatic rings. The fourth-order valence-corrected chi connectivity index (χ4v) is 1.14. The third-order valence-corrected chi connectivity index (χ3v) is 1.89. The Morgan fingerprint density at radius 1 is 1.67 bits per heavy atom. The number of ether oxygens (including phenoxy) is 1. The number of nitrogens with zero attached hydrogens (tertiary/aromatic N) is 2. The minimum Gasteiger partial charge on any atom is -0.501 e. The van der Waals surface area contributed by atoms with E-state index in [1.807, 2.05) is 0 Å². The van der Waals surface area contributed by atoms with Gasteiger partial charge in [0.1, 0.15) is 0 Å². The maximum atomic E-state index is 12.5. The molecule has 0 atom stereocenters. The Hall–Kier alpha value is -2.32. The smallest absolute Gasteiger partial charge is 0.357 e. The molecule has 0 amide bonds. The highest BCUT2D eigenvalue weighted by Gasteiger charge is 2.28. The fourth-order valence-electron chi connectivity index (χ4n) is 1.14. The lowest BCUT2D eigenvalue weighted by Gasteiger charge is -2.06. The number of nitro groups is 1. The first-order valence-electron chi connectivity index (χ1n) is 4.72. The van der Waals surface area contributed by atoms with Crippen LogP contribution in [0.4, 0.5) is 14.5 Å². The number of carbonyl (C=O) groups is 1. The van der Waals surface area contributed by atoms with Crippen molar-refractivity contribution in [3.63, 3.8) is 0 Å². The summed E-state index contributed by atoms with van der Waals surface area (Å²) in [6.45, 7) is 1.43. The molecule has 1 N–H and O–H groups in total. The van der Waals surface area contributed by atoms with Crippen LogP contribution < -0.4 is 0 Å². The van der Waals surface area contributed by atoms with Gasteiger partial charge in [-0.25, -0.2) is 18.6 Å². The highest BCUT2D eigenvalue weighted by atomic mass is 19.3. The highest BCUT2D eigenvalue weighted by molar-refractivity contribution is 5.88. The molecule has 0 spiro atoms. The Kier molecular flexibility index (Phi) is 4.08. The van der Waals surface area contributed by atoms with Gasteiger partial charge in [0.05, 0.1) is 17.6 Å². The maximum Gasteiger partial charge on any atom is 0.357 e. The number of rotatable bonds is 4. The standard InChI is InChI=1S/C9H8F2N2O5/c1-2-18-9(15)4-3-5(13(16)17)7(14)6(12-4)8(10)11/h3,8,14H,2H2,1H3. The second-order valence-electron chi connectivity index (χ2n) is 3.04. The predicted molar refractivity (Wildman–Crippen MR) is 53.5 cm³/mol. The van der Waals surface area contributed by atoms with E-state index < -0.39 is 40.1 Å². The van der Waals surface area contributed by atoms with Gasteiger partial charge in [0.15, 0.2) is 11.4 Å². The van der Waals surface area contributed by atoms with Crippen LogP contribution in [0.25, 0.3) is 0 Å². The van der Waals surface area contributed by atoms with Crippen molar-refractivity contribution in [3.8, 4) is 5.75 Å². The van der Waals surface area contributed by atoms with Crippen LogP contribution in [0.1, 0.15) is 29.5 Å². The van der Waals surface area contributed by atoms with Crippen LogP contribution in [-0.2, 0) is 4.74 Å². The first-order valence-corrected chi connectivity index (χ1v) is 4.72. The summed E-state index contributed by atoms with van der Waals surface area (Å²) < 4.78 is 29.5.